The summed E-state index contributed by atoms with van der Waals surface area (Å²) in [5.74, 6) is 0.649. The van der Waals surface area contributed by atoms with Crippen LogP contribution in [-0.2, 0) is 11.3 Å². The molecule has 0 bridgehead atoms. The van der Waals surface area contributed by atoms with Crippen molar-refractivity contribution in [2.75, 3.05) is 39.9 Å². The molecule has 0 atom stereocenters. The van der Waals surface area contributed by atoms with Gasteiger partial charge in [0.2, 0.25) is 5.43 Å². The third kappa shape index (κ3) is 4.13. The maximum atomic E-state index is 13.3. The zero-order valence-electron chi connectivity index (χ0n) is 18.2. The number of ether oxygens (including phenoxy) is 2. The van der Waals surface area contributed by atoms with E-state index in [0.29, 0.717) is 72.7 Å². The molecule has 8 nitrogen and oxygen atoms in total. The first kappa shape index (κ1) is 21.7. The maximum Gasteiger partial charge on any atom is 0.409 e. The Bertz CT molecular complexity index is 1180. The number of hydrogen-bond donors (Lipinski definition) is 1. The quantitative estimate of drug-likeness (QED) is 0.652. The number of phenolic OH excluding ortho intramolecular Hbond substituents is 1. The summed E-state index contributed by atoms with van der Waals surface area (Å²) < 4.78 is 16.3. The van der Waals surface area contributed by atoms with Crippen molar-refractivity contribution in [3.05, 3.63) is 58.4 Å². The Hall–Kier alpha value is -3.52. The van der Waals surface area contributed by atoms with Crippen LogP contribution >= 0.6 is 0 Å². The largest absolute Gasteiger partial charge is 0.507 e. The van der Waals surface area contributed by atoms with Gasteiger partial charge in [-0.25, -0.2) is 4.79 Å². The van der Waals surface area contributed by atoms with Gasteiger partial charge in [0.05, 0.1) is 30.2 Å². The van der Waals surface area contributed by atoms with Crippen LogP contribution in [0.15, 0.2) is 51.9 Å². The number of carbonyl (C=O) groups is 1. The number of rotatable bonds is 5. The summed E-state index contributed by atoms with van der Waals surface area (Å²) in [7, 11) is 1.55. The minimum absolute atomic E-state index is 0.0681. The normalized spacial score (nSPS) is 14.5. The fourth-order valence-electron chi connectivity index (χ4n) is 3.98. The minimum atomic E-state index is -0.310. The molecule has 0 unspecified atom stereocenters. The van der Waals surface area contributed by atoms with E-state index in [1.165, 1.54) is 12.3 Å². The topological polar surface area (TPSA) is 92.5 Å². The number of hydrogen-bond acceptors (Lipinski definition) is 7. The summed E-state index contributed by atoms with van der Waals surface area (Å²) in [4.78, 5) is 29.0. The first-order valence-electron chi connectivity index (χ1n) is 10.6. The second kappa shape index (κ2) is 9.32. The number of aromatic hydroxyl groups is 1. The summed E-state index contributed by atoms with van der Waals surface area (Å²) in [6, 6.07) is 10.4. The summed E-state index contributed by atoms with van der Waals surface area (Å²) in [5, 5.41) is 10.9. The van der Waals surface area contributed by atoms with E-state index in [4.69, 9.17) is 13.9 Å². The molecule has 2 aromatic carbocycles. The van der Waals surface area contributed by atoms with E-state index >= 15 is 0 Å². The van der Waals surface area contributed by atoms with Crippen LogP contribution in [0.3, 0.4) is 0 Å². The van der Waals surface area contributed by atoms with Crippen molar-refractivity contribution in [2.24, 2.45) is 0 Å². The molecule has 0 spiro atoms. The number of piperazine rings is 1. The molecule has 1 aromatic heterocycles. The molecule has 8 heteroatoms. The number of nitrogens with zero attached hydrogens (tertiary/aromatic N) is 2. The fourth-order valence-corrected chi connectivity index (χ4v) is 3.98. The Labute approximate surface area is 185 Å². The molecule has 2 heterocycles. The number of carbonyl (C=O) groups excluding carboxylic acids is 1. The minimum Gasteiger partial charge on any atom is -0.507 e. The van der Waals surface area contributed by atoms with Gasteiger partial charge in [0.25, 0.3) is 0 Å². The van der Waals surface area contributed by atoms with Crippen LogP contribution in [0.2, 0.25) is 0 Å². The van der Waals surface area contributed by atoms with E-state index in [1.807, 2.05) is 12.1 Å². The van der Waals surface area contributed by atoms with E-state index in [2.05, 4.69) is 4.90 Å². The Morgan fingerprint density at radius 1 is 1.09 bits per heavy atom. The standard InChI is InChI=1S/C24H26N2O6/c1-3-31-24(29)26-12-10-25(11-13-26)14-18-20(27)9-8-17-22(28)19(15-32-23(17)18)16-6-4-5-7-21(16)30-2/h4-9,15,27H,3,10-14H2,1-2H3. The lowest BCUT2D eigenvalue weighted by Crippen LogP contribution is -2.48. The molecule has 1 N–H and O–H groups in total. The van der Waals surface area contributed by atoms with Gasteiger partial charge in [-0.15, -0.1) is 0 Å². The van der Waals surface area contributed by atoms with Gasteiger partial charge in [-0.1, -0.05) is 18.2 Å². The smallest absolute Gasteiger partial charge is 0.409 e. The van der Waals surface area contributed by atoms with Gasteiger partial charge in [-0.2, -0.15) is 0 Å². The van der Waals surface area contributed by atoms with Crippen LogP contribution in [0.1, 0.15) is 12.5 Å². The van der Waals surface area contributed by atoms with E-state index in [-0.39, 0.29) is 17.3 Å². The average molecular weight is 438 g/mol. The lowest BCUT2D eigenvalue weighted by molar-refractivity contribution is 0.0776. The van der Waals surface area contributed by atoms with Gasteiger partial charge in [-0.05, 0) is 25.1 Å². The average Bonchev–Trinajstić information content (AvgIpc) is 2.82. The second-order valence-electron chi connectivity index (χ2n) is 7.58. The SMILES string of the molecule is CCOC(=O)N1CCN(Cc2c(O)ccc3c(=O)c(-c4ccccc4OC)coc23)CC1. The van der Waals surface area contributed by atoms with Crippen LogP contribution in [0.4, 0.5) is 4.79 Å². The Kier molecular flexibility index (Phi) is 6.32. The molecule has 1 saturated heterocycles. The molecule has 168 valence electrons. The number of methoxy groups -OCH3 is 1. The fraction of sp³-hybridized carbons (Fsp3) is 0.333. The van der Waals surface area contributed by atoms with Crippen LogP contribution < -0.4 is 10.2 Å². The third-order valence-electron chi connectivity index (χ3n) is 5.70. The summed E-state index contributed by atoms with van der Waals surface area (Å²) in [6.45, 7) is 4.84. The van der Waals surface area contributed by atoms with E-state index in [9.17, 15) is 14.7 Å². The number of amides is 1. The first-order valence-corrected chi connectivity index (χ1v) is 10.6. The number of para-hydroxylation sites is 1. The Morgan fingerprint density at radius 2 is 1.84 bits per heavy atom. The molecule has 32 heavy (non-hydrogen) atoms. The number of phenols is 1. The molecule has 1 amide bonds. The van der Waals surface area contributed by atoms with Crippen molar-refractivity contribution < 1.29 is 23.8 Å². The van der Waals surface area contributed by atoms with Crippen LogP contribution in [-0.4, -0.2) is 60.9 Å². The number of fused-ring (bicyclic) bond motifs is 1. The van der Waals surface area contributed by atoms with Crippen LogP contribution in [0.25, 0.3) is 22.1 Å². The molecule has 3 aromatic rings. The summed E-state index contributed by atoms with van der Waals surface area (Å²) >= 11 is 0. The van der Waals surface area contributed by atoms with Crippen LogP contribution in [0.5, 0.6) is 11.5 Å². The van der Waals surface area contributed by atoms with Gasteiger partial charge in [0.1, 0.15) is 23.3 Å². The maximum absolute atomic E-state index is 13.3. The van der Waals surface area contributed by atoms with Gasteiger partial charge < -0.3 is 23.9 Å². The molecule has 1 fully saturated rings. The van der Waals surface area contributed by atoms with Gasteiger partial charge >= 0.3 is 6.09 Å². The molecule has 0 saturated carbocycles. The van der Waals surface area contributed by atoms with E-state index < -0.39 is 0 Å². The molecular weight excluding hydrogens is 412 g/mol. The van der Waals surface area contributed by atoms with Gasteiger partial charge in [-0.3, -0.25) is 9.69 Å². The second-order valence-corrected chi connectivity index (χ2v) is 7.58. The summed E-state index contributed by atoms with van der Waals surface area (Å²) in [5.41, 5.74) is 1.77. The highest BCUT2D eigenvalue weighted by Gasteiger charge is 2.24. The first-order chi connectivity index (χ1) is 15.5. The lowest BCUT2D eigenvalue weighted by atomic mass is 10.0. The predicted octanol–water partition coefficient (Wildman–Crippen LogP) is 3.45. The van der Waals surface area contributed by atoms with Crippen molar-refractivity contribution in [3.63, 3.8) is 0 Å². The number of benzene rings is 2. The predicted molar refractivity (Wildman–Crippen MR) is 120 cm³/mol. The highest BCUT2D eigenvalue weighted by atomic mass is 16.6. The molecule has 0 aliphatic carbocycles. The van der Waals surface area contributed by atoms with Gasteiger partial charge in [0, 0.05) is 38.3 Å². The highest BCUT2D eigenvalue weighted by Crippen LogP contribution is 2.32. The molecule has 4 rings (SSSR count). The van der Waals surface area contributed by atoms with E-state index in [1.54, 1.807) is 37.1 Å². The van der Waals surface area contributed by atoms with Gasteiger partial charge in [0.15, 0.2) is 0 Å². The lowest BCUT2D eigenvalue weighted by Gasteiger charge is -2.34. The third-order valence-corrected chi connectivity index (χ3v) is 5.70. The Morgan fingerprint density at radius 3 is 2.56 bits per heavy atom. The monoisotopic (exact) mass is 438 g/mol. The van der Waals surface area contributed by atoms with Crippen molar-refractivity contribution in [3.8, 4) is 22.6 Å². The molecule has 1 aliphatic rings. The van der Waals surface area contributed by atoms with Crippen molar-refractivity contribution >= 4 is 17.1 Å². The molecule has 1 aliphatic heterocycles. The van der Waals surface area contributed by atoms with Crippen molar-refractivity contribution in [1.29, 1.82) is 0 Å². The van der Waals surface area contributed by atoms with Crippen molar-refractivity contribution in [1.82, 2.24) is 9.80 Å². The highest BCUT2D eigenvalue weighted by molar-refractivity contribution is 5.86. The zero-order valence-corrected chi connectivity index (χ0v) is 18.2. The summed E-state index contributed by atoms with van der Waals surface area (Å²) in [6.07, 6.45) is 1.11. The zero-order chi connectivity index (χ0) is 22.7. The Balaban J connectivity index is 1.62. The van der Waals surface area contributed by atoms with Crippen molar-refractivity contribution in [2.45, 2.75) is 13.5 Å². The molecule has 0 radical (unpaired) electrons. The molecular formula is C24H26N2O6. The van der Waals surface area contributed by atoms with E-state index in [0.717, 1.165) is 0 Å². The van der Waals surface area contributed by atoms with Crippen LogP contribution in [0, 0.1) is 0 Å².